The van der Waals surface area contributed by atoms with Gasteiger partial charge in [0.25, 0.3) is 5.91 Å². The average molecular weight is 363 g/mol. The van der Waals surface area contributed by atoms with Crippen LogP contribution in [0.5, 0.6) is 5.75 Å². The smallest absolute Gasteiger partial charge is 0.270 e. The first-order chi connectivity index (χ1) is 13.2. The Labute approximate surface area is 157 Å². The van der Waals surface area contributed by atoms with Gasteiger partial charge in [0, 0.05) is 31.4 Å². The van der Waals surface area contributed by atoms with Crippen LogP contribution in [0.1, 0.15) is 16.9 Å². The van der Waals surface area contributed by atoms with Gasteiger partial charge in [0.05, 0.1) is 12.8 Å². The van der Waals surface area contributed by atoms with Crippen molar-refractivity contribution in [1.82, 2.24) is 20.5 Å². The van der Waals surface area contributed by atoms with Crippen LogP contribution in [0.15, 0.2) is 54.7 Å². The third-order valence-corrected chi connectivity index (χ3v) is 4.71. The predicted octanol–water partition coefficient (Wildman–Crippen LogP) is 2.49. The first kappa shape index (κ1) is 17.1. The van der Waals surface area contributed by atoms with Crippen LogP contribution in [-0.4, -0.2) is 47.3 Å². The van der Waals surface area contributed by atoms with Crippen molar-refractivity contribution in [1.29, 1.82) is 0 Å². The number of aromatic nitrogens is 3. The monoisotopic (exact) mass is 363 g/mol. The normalized spacial score (nSPS) is 16.3. The SMILES string of the molecule is COc1ccc(-c2cc(N3CC[C@H](NC(=O)c4ccccn4)C3)n[nH]2)cc1. The summed E-state index contributed by atoms with van der Waals surface area (Å²) in [4.78, 5) is 18.5. The number of ether oxygens (including phenoxy) is 1. The molecule has 1 atom stereocenters. The summed E-state index contributed by atoms with van der Waals surface area (Å²) < 4.78 is 5.19. The van der Waals surface area contributed by atoms with Gasteiger partial charge in [-0.3, -0.25) is 14.9 Å². The zero-order valence-corrected chi connectivity index (χ0v) is 15.1. The Kier molecular flexibility index (Phi) is 4.74. The van der Waals surface area contributed by atoms with Crippen LogP contribution >= 0.6 is 0 Å². The zero-order valence-electron chi connectivity index (χ0n) is 15.1. The number of hydrogen-bond donors (Lipinski definition) is 2. The summed E-state index contributed by atoms with van der Waals surface area (Å²) in [7, 11) is 1.65. The molecule has 138 valence electrons. The quantitative estimate of drug-likeness (QED) is 0.728. The van der Waals surface area contributed by atoms with Crippen molar-refractivity contribution in [3.63, 3.8) is 0 Å². The highest BCUT2D eigenvalue weighted by Gasteiger charge is 2.26. The number of rotatable bonds is 5. The fourth-order valence-electron chi connectivity index (χ4n) is 3.23. The van der Waals surface area contributed by atoms with E-state index in [0.29, 0.717) is 5.69 Å². The molecule has 3 aromatic rings. The number of carbonyl (C=O) groups is 1. The Morgan fingerprint density at radius 1 is 1.26 bits per heavy atom. The fourth-order valence-corrected chi connectivity index (χ4v) is 3.23. The number of benzene rings is 1. The molecule has 0 unspecified atom stereocenters. The largest absolute Gasteiger partial charge is 0.497 e. The highest BCUT2D eigenvalue weighted by molar-refractivity contribution is 5.92. The van der Waals surface area contributed by atoms with Crippen LogP contribution in [0.2, 0.25) is 0 Å². The number of nitrogens with one attached hydrogen (secondary N) is 2. The summed E-state index contributed by atoms with van der Waals surface area (Å²) in [6, 6.07) is 15.3. The van der Waals surface area contributed by atoms with E-state index >= 15 is 0 Å². The maximum atomic E-state index is 12.3. The molecule has 2 N–H and O–H groups in total. The summed E-state index contributed by atoms with van der Waals surface area (Å²) >= 11 is 0. The van der Waals surface area contributed by atoms with Gasteiger partial charge in [0.1, 0.15) is 11.4 Å². The molecule has 1 aromatic carbocycles. The second-order valence-corrected chi connectivity index (χ2v) is 6.49. The van der Waals surface area contributed by atoms with Crippen molar-refractivity contribution in [3.05, 3.63) is 60.4 Å². The van der Waals surface area contributed by atoms with Crippen LogP contribution in [0, 0.1) is 0 Å². The van der Waals surface area contributed by atoms with Gasteiger partial charge in [0.15, 0.2) is 5.82 Å². The third kappa shape index (κ3) is 3.76. The molecule has 1 amide bonds. The summed E-state index contributed by atoms with van der Waals surface area (Å²) in [6.45, 7) is 1.57. The third-order valence-electron chi connectivity index (χ3n) is 4.71. The number of aromatic amines is 1. The first-order valence-electron chi connectivity index (χ1n) is 8.89. The van der Waals surface area contributed by atoms with E-state index in [4.69, 9.17) is 4.74 Å². The van der Waals surface area contributed by atoms with Crippen LogP contribution < -0.4 is 15.0 Å². The second kappa shape index (κ2) is 7.49. The number of carbonyl (C=O) groups excluding carboxylic acids is 1. The molecule has 1 aliphatic heterocycles. The molecule has 3 heterocycles. The molecule has 4 rings (SSSR count). The minimum absolute atomic E-state index is 0.0839. The lowest BCUT2D eigenvalue weighted by molar-refractivity contribution is 0.0935. The maximum absolute atomic E-state index is 12.3. The van der Waals surface area contributed by atoms with Gasteiger partial charge in [-0.2, -0.15) is 5.10 Å². The van der Waals surface area contributed by atoms with E-state index in [0.717, 1.165) is 42.3 Å². The van der Waals surface area contributed by atoms with Gasteiger partial charge < -0.3 is 15.0 Å². The number of methoxy groups -OCH3 is 1. The summed E-state index contributed by atoms with van der Waals surface area (Å²) in [5.41, 5.74) is 2.44. The Morgan fingerprint density at radius 2 is 2.11 bits per heavy atom. The highest BCUT2D eigenvalue weighted by atomic mass is 16.5. The number of amides is 1. The van der Waals surface area contributed by atoms with E-state index in [-0.39, 0.29) is 11.9 Å². The van der Waals surface area contributed by atoms with Crippen molar-refractivity contribution in [3.8, 4) is 17.0 Å². The number of H-pyrrole nitrogens is 1. The number of anilines is 1. The predicted molar refractivity (Wildman–Crippen MR) is 103 cm³/mol. The lowest BCUT2D eigenvalue weighted by atomic mass is 10.1. The minimum atomic E-state index is -0.136. The van der Waals surface area contributed by atoms with Crippen molar-refractivity contribution in [2.24, 2.45) is 0 Å². The lowest BCUT2D eigenvalue weighted by Crippen LogP contribution is -2.37. The molecule has 0 spiro atoms. The molecule has 2 aromatic heterocycles. The average Bonchev–Trinajstić information content (AvgIpc) is 3.38. The molecule has 7 heteroatoms. The summed E-state index contributed by atoms with van der Waals surface area (Å²) in [6.07, 6.45) is 2.50. The summed E-state index contributed by atoms with van der Waals surface area (Å²) in [5.74, 6) is 1.57. The Morgan fingerprint density at radius 3 is 2.85 bits per heavy atom. The molecule has 1 saturated heterocycles. The van der Waals surface area contributed by atoms with Crippen LogP contribution in [0.4, 0.5) is 5.82 Å². The molecule has 0 aliphatic carbocycles. The molecule has 0 bridgehead atoms. The van der Waals surface area contributed by atoms with Crippen molar-refractivity contribution < 1.29 is 9.53 Å². The van der Waals surface area contributed by atoms with Crippen LogP contribution in [0.3, 0.4) is 0 Å². The minimum Gasteiger partial charge on any atom is -0.497 e. The fraction of sp³-hybridized carbons (Fsp3) is 0.250. The van der Waals surface area contributed by atoms with Crippen molar-refractivity contribution in [2.75, 3.05) is 25.1 Å². The van der Waals surface area contributed by atoms with Gasteiger partial charge in [-0.1, -0.05) is 6.07 Å². The molecule has 0 saturated carbocycles. The van der Waals surface area contributed by atoms with Crippen LogP contribution in [-0.2, 0) is 0 Å². The number of pyridine rings is 1. The second-order valence-electron chi connectivity index (χ2n) is 6.49. The number of hydrogen-bond acceptors (Lipinski definition) is 5. The summed E-state index contributed by atoms with van der Waals surface area (Å²) in [5, 5.41) is 10.6. The molecule has 27 heavy (non-hydrogen) atoms. The standard InChI is InChI=1S/C20H21N5O2/c1-27-16-7-5-14(6-8-16)18-12-19(24-23-18)25-11-9-15(13-25)22-20(26)17-4-2-3-10-21-17/h2-8,10,12,15H,9,11,13H2,1H3,(H,22,26)(H,23,24)/t15-/m0/s1. The molecule has 7 nitrogen and oxygen atoms in total. The number of nitrogens with zero attached hydrogens (tertiary/aromatic N) is 3. The van der Waals surface area contributed by atoms with E-state index < -0.39 is 0 Å². The highest BCUT2D eigenvalue weighted by Crippen LogP contribution is 2.26. The van der Waals surface area contributed by atoms with Crippen molar-refractivity contribution >= 4 is 11.7 Å². The maximum Gasteiger partial charge on any atom is 0.270 e. The molecule has 1 aliphatic rings. The van der Waals surface area contributed by atoms with Gasteiger partial charge in [0.2, 0.25) is 0 Å². The van der Waals surface area contributed by atoms with E-state index in [9.17, 15) is 4.79 Å². The Balaban J connectivity index is 1.39. The van der Waals surface area contributed by atoms with E-state index in [1.54, 1.807) is 25.4 Å². The van der Waals surface area contributed by atoms with Gasteiger partial charge in [-0.25, -0.2) is 0 Å². The molecular weight excluding hydrogens is 342 g/mol. The van der Waals surface area contributed by atoms with E-state index in [1.165, 1.54) is 0 Å². The van der Waals surface area contributed by atoms with E-state index in [2.05, 4.69) is 25.4 Å². The molecule has 1 fully saturated rings. The topological polar surface area (TPSA) is 83.1 Å². The van der Waals surface area contributed by atoms with Gasteiger partial charge in [-0.15, -0.1) is 0 Å². The van der Waals surface area contributed by atoms with Gasteiger partial charge in [-0.05, 0) is 48.4 Å². The van der Waals surface area contributed by atoms with E-state index in [1.807, 2.05) is 36.4 Å². The Bertz CT molecular complexity index is 908. The molecule has 0 radical (unpaired) electrons. The van der Waals surface area contributed by atoms with Crippen molar-refractivity contribution in [2.45, 2.75) is 12.5 Å². The van der Waals surface area contributed by atoms with Crippen LogP contribution in [0.25, 0.3) is 11.3 Å². The molecular formula is C20H21N5O2. The Hall–Kier alpha value is -3.35. The van der Waals surface area contributed by atoms with Gasteiger partial charge >= 0.3 is 0 Å². The zero-order chi connectivity index (χ0) is 18.6. The lowest BCUT2D eigenvalue weighted by Gasteiger charge is -2.15. The first-order valence-corrected chi connectivity index (χ1v) is 8.89.